The first-order valence-electron chi connectivity index (χ1n) is 19.8. The lowest BCUT2D eigenvalue weighted by atomic mass is 10.1. The molecule has 0 bridgehead atoms. The Hall–Kier alpha value is -1.51. The van der Waals surface area contributed by atoms with Crippen molar-refractivity contribution >= 4 is 19.8 Å². The lowest BCUT2D eigenvalue weighted by molar-refractivity contribution is -0.161. The Balaban J connectivity index is 4.17. The molecule has 0 radical (unpaired) electrons. The van der Waals surface area contributed by atoms with Crippen LogP contribution in [0, 0.1) is 0 Å². The first-order valence-corrected chi connectivity index (χ1v) is 21.3. The van der Waals surface area contributed by atoms with Crippen molar-refractivity contribution in [2.24, 2.45) is 5.73 Å². The number of allylic oxidation sites excluding steroid dienone is 4. The standard InChI is InChI=1S/C39H74NO8P/c1-3-5-7-9-11-13-15-16-17-18-19-20-22-23-25-27-29-31-38(41)45-35-37(36-47-49(43,44)46-34-33-40)48-39(42)32-30-28-26-24-21-14-12-10-8-6-4-2/h10,12,16-17,37H,3-9,11,13-15,18-36,40H2,1-2H3,(H,43,44)/t37-/m1/s1. The van der Waals surface area contributed by atoms with Crippen LogP contribution in [0.25, 0.3) is 0 Å². The third-order valence-electron chi connectivity index (χ3n) is 8.31. The molecule has 0 aromatic heterocycles. The Labute approximate surface area is 300 Å². The lowest BCUT2D eigenvalue weighted by Gasteiger charge is -2.19. The summed E-state index contributed by atoms with van der Waals surface area (Å²) >= 11 is 0. The largest absolute Gasteiger partial charge is 0.472 e. The quantitative estimate of drug-likeness (QED) is 0.0279. The fourth-order valence-electron chi connectivity index (χ4n) is 5.31. The Kier molecular flexibility index (Phi) is 35.2. The molecule has 3 N–H and O–H groups in total. The van der Waals surface area contributed by atoms with Crippen LogP contribution in [-0.4, -0.2) is 49.3 Å². The van der Waals surface area contributed by atoms with E-state index in [0.717, 1.165) is 70.6 Å². The molecule has 0 amide bonds. The predicted octanol–water partition coefficient (Wildman–Crippen LogP) is 10.8. The van der Waals surface area contributed by atoms with E-state index >= 15 is 0 Å². The Morgan fingerprint density at radius 1 is 0.592 bits per heavy atom. The Morgan fingerprint density at radius 3 is 1.51 bits per heavy atom. The summed E-state index contributed by atoms with van der Waals surface area (Å²) < 4.78 is 32.6. The van der Waals surface area contributed by atoms with Gasteiger partial charge in [-0.1, -0.05) is 134 Å². The maximum absolute atomic E-state index is 12.5. The van der Waals surface area contributed by atoms with Crippen molar-refractivity contribution in [1.29, 1.82) is 0 Å². The van der Waals surface area contributed by atoms with Gasteiger partial charge in [-0.15, -0.1) is 0 Å². The smallest absolute Gasteiger partial charge is 0.462 e. The minimum atomic E-state index is -4.37. The number of rotatable bonds is 37. The number of phosphoric acid groups is 1. The molecule has 0 heterocycles. The van der Waals surface area contributed by atoms with E-state index in [1.165, 1.54) is 77.0 Å². The molecule has 0 aromatic carbocycles. The molecule has 0 rings (SSSR count). The van der Waals surface area contributed by atoms with Gasteiger partial charge in [0.15, 0.2) is 6.10 Å². The zero-order chi connectivity index (χ0) is 36.1. The number of nitrogens with two attached hydrogens (primary N) is 1. The first kappa shape index (κ1) is 47.5. The average Bonchev–Trinajstić information content (AvgIpc) is 3.08. The summed E-state index contributed by atoms with van der Waals surface area (Å²) in [7, 11) is -4.37. The average molecular weight is 716 g/mol. The highest BCUT2D eigenvalue weighted by Crippen LogP contribution is 2.43. The summed E-state index contributed by atoms with van der Waals surface area (Å²) in [5.74, 6) is -0.844. The minimum Gasteiger partial charge on any atom is -0.462 e. The number of phosphoric ester groups is 1. The van der Waals surface area contributed by atoms with Gasteiger partial charge in [-0.2, -0.15) is 0 Å². The number of unbranched alkanes of at least 4 members (excludes halogenated alkanes) is 20. The van der Waals surface area contributed by atoms with E-state index in [1.807, 2.05) is 0 Å². The Morgan fingerprint density at radius 2 is 1.02 bits per heavy atom. The Bertz CT molecular complexity index is 866. The summed E-state index contributed by atoms with van der Waals surface area (Å²) in [4.78, 5) is 34.7. The van der Waals surface area contributed by atoms with Crippen molar-refractivity contribution in [2.45, 2.75) is 187 Å². The van der Waals surface area contributed by atoms with E-state index in [-0.39, 0.29) is 38.6 Å². The topological polar surface area (TPSA) is 134 Å². The number of carbonyl (C=O) groups is 2. The first-order chi connectivity index (χ1) is 23.8. The van der Waals surface area contributed by atoms with E-state index in [4.69, 9.17) is 24.3 Å². The number of hydrogen-bond donors (Lipinski definition) is 2. The van der Waals surface area contributed by atoms with Gasteiger partial charge in [-0.3, -0.25) is 18.6 Å². The van der Waals surface area contributed by atoms with E-state index in [1.54, 1.807) is 0 Å². The number of hydrogen-bond acceptors (Lipinski definition) is 8. The van der Waals surface area contributed by atoms with Crippen molar-refractivity contribution in [3.8, 4) is 0 Å². The van der Waals surface area contributed by atoms with Crippen LogP contribution in [0.3, 0.4) is 0 Å². The number of ether oxygens (including phenoxy) is 2. The second-order valence-corrected chi connectivity index (χ2v) is 14.6. The van der Waals surface area contributed by atoms with Crippen molar-refractivity contribution < 1.29 is 37.6 Å². The second kappa shape index (κ2) is 36.3. The maximum atomic E-state index is 12.5. The molecule has 2 atom stereocenters. The summed E-state index contributed by atoms with van der Waals surface area (Å²) in [5.41, 5.74) is 5.33. The molecule has 0 saturated heterocycles. The third kappa shape index (κ3) is 36.1. The van der Waals surface area contributed by atoms with Gasteiger partial charge in [0.2, 0.25) is 0 Å². The van der Waals surface area contributed by atoms with E-state index < -0.39 is 26.5 Å². The van der Waals surface area contributed by atoms with Crippen LogP contribution in [0.4, 0.5) is 0 Å². The van der Waals surface area contributed by atoms with Crippen LogP contribution in [0.1, 0.15) is 181 Å². The fourth-order valence-corrected chi connectivity index (χ4v) is 6.08. The predicted molar refractivity (Wildman–Crippen MR) is 201 cm³/mol. The molecule has 0 aliphatic rings. The van der Waals surface area contributed by atoms with Gasteiger partial charge in [-0.05, 0) is 57.8 Å². The molecule has 1 unspecified atom stereocenters. The summed E-state index contributed by atoms with van der Waals surface area (Å²) in [5, 5.41) is 0. The van der Waals surface area contributed by atoms with Crippen molar-refractivity contribution in [3.05, 3.63) is 24.3 Å². The van der Waals surface area contributed by atoms with E-state index in [2.05, 4.69) is 38.2 Å². The SMILES string of the molecule is CCCCC=CCCCCCCCC(=O)O[C@H](COC(=O)CCCCCCCCCC=CCCCCCCCC)COP(=O)(O)OCCN. The molecule has 10 heteroatoms. The molecule has 0 aromatic rings. The van der Waals surface area contributed by atoms with Crippen LogP contribution < -0.4 is 5.73 Å². The number of esters is 2. The number of carbonyl (C=O) groups excluding carboxylic acids is 2. The van der Waals surface area contributed by atoms with Gasteiger partial charge >= 0.3 is 19.8 Å². The molecular weight excluding hydrogens is 641 g/mol. The normalized spacial score (nSPS) is 13.6. The van der Waals surface area contributed by atoms with Gasteiger partial charge in [0.05, 0.1) is 13.2 Å². The molecule has 288 valence electrons. The molecule has 0 spiro atoms. The monoisotopic (exact) mass is 716 g/mol. The molecule has 9 nitrogen and oxygen atoms in total. The van der Waals surface area contributed by atoms with Crippen LogP contribution >= 0.6 is 7.82 Å². The van der Waals surface area contributed by atoms with Crippen LogP contribution in [0.2, 0.25) is 0 Å². The van der Waals surface area contributed by atoms with Crippen molar-refractivity contribution in [2.75, 3.05) is 26.4 Å². The summed E-state index contributed by atoms with van der Waals surface area (Å²) in [6, 6.07) is 0. The molecule has 0 saturated carbocycles. The zero-order valence-corrected chi connectivity index (χ0v) is 32.3. The van der Waals surface area contributed by atoms with Crippen molar-refractivity contribution in [3.63, 3.8) is 0 Å². The molecule has 0 aliphatic carbocycles. The minimum absolute atomic E-state index is 0.0522. The zero-order valence-electron chi connectivity index (χ0n) is 31.4. The molecule has 0 fully saturated rings. The molecule has 0 aliphatic heterocycles. The summed E-state index contributed by atoms with van der Waals surface area (Å²) in [6.45, 7) is 3.67. The van der Waals surface area contributed by atoms with Gasteiger partial charge in [0, 0.05) is 19.4 Å². The fraction of sp³-hybridized carbons (Fsp3) is 0.846. The third-order valence-corrected chi connectivity index (χ3v) is 9.29. The van der Waals surface area contributed by atoms with Crippen LogP contribution in [0.5, 0.6) is 0 Å². The highest BCUT2D eigenvalue weighted by Gasteiger charge is 2.25. The molecule has 49 heavy (non-hydrogen) atoms. The summed E-state index contributed by atoms with van der Waals surface area (Å²) in [6.07, 6.45) is 36.4. The van der Waals surface area contributed by atoms with E-state index in [9.17, 15) is 19.0 Å². The lowest BCUT2D eigenvalue weighted by Crippen LogP contribution is -2.29. The van der Waals surface area contributed by atoms with Crippen LogP contribution in [0.15, 0.2) is 24.3 Å². The van der Waals surface area contributed by atoms with Gasteiger partial charge in [-0.25, -0.2) is 4.57 Å². The highest BCUT2D eigenvalue weighted by molar-refractivity contribution is 7.47. The van der Waals surface area contributed by atoms with Crippen molar-refractivity contribution in [1.82, 2.24) is 0 Å². The van der Waals surface area contributed by atoms with Gasteiger partial charge in [0.1, 0.15) is 6.61 Å². The highest BCUT2D eigenvalue weighted by atomic mass is 31.2. The van der Waals surface area contributed by atoms with Crippen LogP contribution in [-0.2, 0) is 32.7 Å². The molecular formula is C39H74NO8P. The maximum Gasteiger partial charge on any atom is 0.472 e. The van der Waals surface area contributed by atoms with Gasteiger partial charge in [0.25, 0.3) is 0 Å². The van der Waals surface area contributed by atoms with Gasteiger partial charge < -0.3 is 20.1 Å². The second-order valence-electron chi connectivity index (χ2n) is 13.1. The van der Waals surface area contributed by atoms with E-state index in [0.29, 0.717) is 6.42 Å².